The second-order valence-electron chi connectivity index (χ2n) is 4.95. The van der Waals surface area contributed by atoms with Crippen LogP contribution in [-0.2, 0) is 10.3 Å². The molecule has 0 amide bonds. The Morgan fingerprint density at radius 1 is 1.41 bits per heavy atom. The highest BCUT2D eigenvalue weighted by molar-refractivity contribution is 5.22. The van der Waals surface area contributed by atoms with E-state index < -0.39 is 5.60 Å². The van der Waals surface area contributed by atoms with Crippen LogP contribution in [0.4, 0.5) is 4.39 Å². The number of halogens is 1. The summed E-state index contributed by atoms with van der Waals surface area (Å²) < 4.78 is 18.3. The SMILES string of the molecule is CC(O)(CCC1CCCO1)c1ccc(F)cc1. The molecule has 1 saturated heterocycles. The summed E-state index contributed by atoms with van der Waals surface area (Å²) in [6.07, 6.45) is 3.97. The van der Waals surface area contributed by atoms with Gasteiger partial charge in [0.2, 0.25) is 0 Å². The molecule has 3 heteroatoms. The predicted octanol–water partition coefficient (Wildman–Crippen LogP) is 2.99. The third-order valence-corrected chi connectivity index (χ3v) is 3.44. The molecule has 1 aliphatic heterocycles. The third-order valence-electron chi connectivity index (χ3n) is 3.44. The van der Waals surface area contributed by atoms with Gasteiger partial charge in [-0.1, -0.05) is 12.1 Å². The summed E-state index contributed by atoms with van der Waals surface area (Å²) in [4.78, 5) is 0. The van der Waals surface area contributed by atoms with E-state index in [1.165, 1.54) is 12.1 Å². The highest BCUT2D eigenvalue weighted by Crippen LogP contribution is 2.29. The van der Waals surface area contributed by atoms with Crippen LogP contribution in [0.25, 0.3) is 0 Å². The Bertz CT molecular complexity index is 353. The lowest BCUT2D eigenvalue weighted by Crippen LogP contribution is -2.23. The summed E-state index contributed by atoms with van der Waals surface area (Å²) in [5.41, 5.74) is -0.142. The minimum atomic E-state index is -0.903. The molecule has 0 bridgehead atoms. The van der Waals surface area contributed by atoms with Crippen molar-refractivity contribution in [2.75, 3.05) is 6.61 Å². The first-order valence-electron chi connectivity index (χ1n) is 6.18. The fraction of sp³-hybridized carbons (Fsp3) is 0.571. The second kappa shape index (κ2) is 5.15. The average Bonchev–Trinajstić information content (AvgIpc) is 2.80. The van der Waals surface area contributed by atoms with Crippen molar-refractivity contribution in [1.29, 1.82) is 0 Å². The highest BCUT2D eigenvalue weighted by Gasteiger charge is 2.26. The Balaban J connectivity index is 1.94. The summed E-state index contributed by atoms with van der Waals surface area (Å²) in [6.45, 7) is 2.61. The zero-order valence-corrected chi connectivity index (χ0v) is 10.2. The van der Waals surface area contributed by atoms with E-state index in [-0.39, 0.29) is 11.9 Å². The monoisotopic (exact) mass is 238 g/mol. The van der Waals surface area contributed by atoms with Gasteiger partial charge >= 0.3 is 0 Å². The smallest absolute Gasteiger partial charge is 0.123 e. The number of aliphatic hydroxyl groups is 1. The first-order valence-corrected chi connectivity index (χ1v) is 6.18. The molecule has 1 N–H and O–H groups in total. The van der Waals surface area contributed by atoms with E-state index in [0.29, 0.717) is 6.42 Å². The Morgan fingerprint density at radius 3 is 2.71 bits per heavy atom. The quantitative estimate of drug-likeness (QED) is 0.873. The predicted molar refractivity (Wildman–Crippen MR) is 64.2 cm³/mol. The topological polar surface area (TPSA) is 29.5 Å². The van der Waals surface area contributed by atoms with E-state index in [0.717, 1.165) is 31.4 Å². The molecule has 0 aromatic heterocycles. The fourth-order valence-corrected chi connectivity index (χ4v) is 2.27. The van der Waals surface area contributed by atoms with Crippen LogP contribution in [-0.4, -0.2) is 17.8 Å². The van der Waals surface area contributed by atoms with Crippen LogP contribution in [0, 0.1) is 5.82 Å². The van der Waals surface area contributed by atoms with Gasteiger partial charge in [0.1, 0.15) is 5.82 Å². The van der Waals surface area contributed by atoms with Gasteiger partial charge in [0, 0.05) is 6.61 Å². The molecule has 1 fully saturated rings. The standard InChI is InChI=1S/C14H19FO2/c1-14(16,9-8-13-3-2-10-17-13)11-4-6-12(15)7-5-11/h4-7,13,16H,2-3,8-10H2,1H3. The van der Waals surface area contributed by atoms with Crippen molar-refractivity contribution in [2.45, 2.75) is 44.3 Å². The summed E-state index contributed by atoms with van der Waals surface area (Å²) in [5, 5.41) is 10.4. The van der Waals surface area contributed by atoms with Crippen molar-refractivity contribution < 1.29 is 14.2 Å². The summed E-state index contributed by atoms with van der Waals surface area (Å²) in [7, 11) is 0. The third kappa shape index (κ3) is 3.27. The molecule has 2 rings (SSSR count). The molecule has 2 atom stereocenters. The van der Waals surface area contributed by atoms with Gasteiger partial charge in [0.25, 0.3) is 0 Å². The number of hydrogen-bond donors (Lipinski definition) is 1. The maximum atomic E-state index is 12.8. The number of ether oxygens (including phenoxy) is 1. The van der Waals surface area contributed by atoms with Crippen molar-refractivity contribution >= 4 is 0 Å². The molecule has 17 heavy (non-hydrogen) atoms. The molecule has 1 heterocycles. The lowest BCUT2D eigenvalue weighted by Gasteiger charge is -2.25. The van der Waals surface area contributed by atoms with Gasteiger partial charge < -0.3 is 9.84 Å². The minimum absolute atomic E-state index is 0.274. The summed E-state index contributed by atoms with van der Waals surface area (Å²) in [5.74, 6) is -0.274. The Hall–Kier alpha value is -0.930. The second-order valence-corrected chi connectivity index (χ2v) is 4.95. The number of rotatable bonds is 4. The first-order chi connectivity index (χ1) is 8.08. The van der Waals surface area contributed by atoms with E-state index in [2.05, 4.69) is 0 Å². The van der Waals surface area contributed by atoms with Crippen LogP contribution >= 0.6 is 0 Å². The van der Waals surface area contributed by atoms with E-state index in [9.17, 15) is 9.50 Å². The van der Waals surface area contributed by atoms with Crippen LogP contribution < -0.4 is 0 Å². The Morgan fingerprint density at radius 2 is 2.12 bits per heavy atom. The van der Waals surface area contributed by atoms with Crippen molar-refractivity contribution in [3.63, 3.8) is 0 Å². The molecule has 0 aliphatic carbocycles. The fourth-order valence-electron chi connectivity index (χ4n) is 2.27. The molecule has 0 saturated carbocycles. The molecule has 1 aromatic rings. The van der Waals surface area contributed by atoms with Crippen molar-refractivity contribution in [3.05, 3.63) is 35.6 Å². The highest BCUT2D eigenvalue weighted by atomic mass is 19.1. The van der Waals surface area contributed by atoms with Crippen LogP contribution in [0.2, 0.25) is 0 Å². The minimum Gasteiger partial charge on any atom is -0.385 e. The van der Waals surface area contributed by atoms with Gasteiger partial charge in [0.15, 0.2) is 0 Å². The number of hydrogen-bond acceptors (Lipinski definition) is 2. The molecule has 1 aromatic carbocycles. The average molecular weight is 238 g/mol. The maximum Gasteiger partial charge on any atom is 0.123 e. The molecule has 2 unspecified atom stereocenters. The zero-order valence-electron chi connectivity index (χ0n) is 10.2. The van der Waals surface area contributed by atoms with Crippen LogP contribution in [0.5, 0.6) is 0 Å². The zero-order chi connectivity index (χ0) is 12.3. The van der Waals surface area contributed by atoms with E-state index in [1.807, 2.05) is 0 Å². The van der Waals surface area contributed by atoms with E-state index in [4.69, 9.17) is 4.74 Å². The number of benzene rings is 1. The molecule has 2 nitrogen and oxygen atoms in total. The van der Waals surface area contributed by atoms with Gasteiger partial charge in [-0.3, -0.25) is 0 Å². The molecule has 94 valence electrons. The van der Waals surface area contributed by atoms with E-state index in [1.54, 1.807) is 19.1 Å². The molecule has 0 spiro atoms. The lowest BCUT2D eigenvalue weighted by molar-refractivity contribution is 0.0220. The largest absolute Gasteiger partial charge is 0.385 e. The Kier molecular flexibility index (Phi) is 3.79. The van der Waals surface area contributed by atoms with Crippen LogP contribution in [0.15, 0.2) is 24.3 Å². The lowest BCUT2D eigenvalue weighted by atomic mass is 9.89. The molecular formula is C14H19FO2. The van der Waals surface area contributed by atoms with E-state index >= 15 is 0 Å². The van der Waals surface area contributed by atoms with Gasteiger partial charge in [-0.25, -0.2) is 4.39 Å². The summed E-state index contributed by atoms with van der Waals surface area (Å²) in [6, 6.07) is 6.06. The molecular weight excluding hydrogens is 219 g/mol. The van der Waals surface area contributed by atoms with Crippen molar-refractivity contribution in [3.8, 4) is 0 Å². The maximum absolute atomic E-state index is 12.8. The van der Waals surface area contributed by atoms with Gasteiger partial charge in [-0.05, 0) is 50.3 Å². The van der Waals surface area contributed by atoms with Gasteiger partial charge in [0.05, 0.1) is 11.7 Å². The van der Waals surface area contributed by atoms with Gasteiger partial charge in [-0.2, -0.15) is 0 Å². The van der Waals surface area contributed by atoms with Crippen LogP contribution in [0.3, 0.4) is 0 Å². The van der Waals surface area contributed by atoms with Crippen LogP contribution in [0.1, 0.15) is 38.2 Å². The van der Waals surface area contributed by atoms with Gasteiger partial charge in [-0.15, -0.1) is 0 Å². The summed E-state index contributed by atoms with van der Waals surface area (Å²) >= 11 is 0. The molecule has 1 aliphatic rings. The molecule has 0 radical (unpaired) electrons. The van der Waals surface area contributed by atoms with Crippen molar-refractivity contribution in [2.24, 2.45) is 0 Å². The Labute approximate surface area is 101 Å². The van der Waals surface area contributed by atoms with Crippen molar-refractivity contribution in [1.82, 2.24) is 0 Å². The first kappa shape index (κ1) is 12.5. The normalized spacial score (nSPS) is 23.6.